The van der Waals surface area contributed by atoms with Crippen LogP contribution in [-0.2, 0) is 0 Å². The van der Waals surface area contributed by atoms with Crippen molar-refractivity contribution >= 4 is 34.3 Å². The van der Waals surface area contributed by atoms with Gasteiger partial charge < -0.3 is 5.73 Å². The Labute approximate surface area is 203 Å². The highest BCUT2D eigenvalue weighted by Gasteiger charge is 2.30. The number of nitrogen functional groups attached to an aromatic ring is 1. The smallest absolute Gasteiger partial charge is 0.330 e. The number of H-pyrrole nitrogens is 1. The maximum atomic E-state index is 13.4. The van der Waals surface area contributed by atoms with Crippen molar-refractivity contribution in [2.24, 2.45) is 0 Å². The summed E-state index contributed by atoms with van der Waals surface area (Å²) >= 11 is 1.04. The largest absolute Gasteiger partial charge is 0.384 e. The van der Waals surface area contributed by atoms with Crippen LogP contribution in [0.5, 0.6) is 0 Å². The summed E-state index contributed by atoms with van der Waals surface area (Å²) < 4.78 is 2.75. The molecule has 3 N–H and O–H groups in total. The van der Waals surface area contributed by atoms with Crippen molar-refractivity contribution in [3.8, 4) is 5.69 Å². The number of aryl methyl sites for hydroxylation is 2. The molecule has 0 atom stereocenters. The molecule has 0 aliphatic heterocycles. The fourth-order valence-corrected chi connectivity index (χ4v) is 4.92. The summed E-state index contributed by atoms with van der Waals surface area (Å²) in [5.74, 6) is -0.853. The third-order valence-electron chi connectivity index (χ3n) is 6.20. The van der Waals surface area contributed by atoms with E-state index in [0.29, 0.717) is 21.7 Å². The maximum Gasteiger partial charge on any atom is 0.330 e. The quantitative estimate of drug-likeness (QED) is 0.242. The van der Waals surface area contributed by atoms with Gasteiger partial charge in [0.15, 0.2) is 10.9 Å². The third kappa shape index (κ3) is 4.10. The number of nitrogens with one attached hydrogen (secondary N) is 1. The van der Waals surface area contributed by atoms with Gasteiger partial charge in [-0.05, 0) is 62.1 Å². The minimum atomic E-state index is -0.812. The molecular weight excluding hydrogens is 466 g/mol. The Hall–Kier alpha value is -3.92. The average molecular weight is 490 g/mol. The topological polar surface area (TPSA) is 133 Å². The lowest BCUT2D eigenvalue weighted by Gasteiger charge is -2.15. The Bertz CT molecular complexity index is 1680. The number of hydrogen-bond donors (Lipinski definition) is 2. The Morgan fingerprint density at radius 1 is 1.11 bits per heavy atom. The molecule has 2 aromatic carbocycles. The summed E-state index contributed by atoms with van der Waals surface area (Å²) in [5, 5.41) is 0.773. The van der Waals surface area contributed by atoms with Crippen LogP contribution in [0.3, 0.4) is 0 Å². The zero-order valence-electron chi connectivity index (χ0n) is 19.2. The van der Waals surface area contributed by atoms with E-state index in [-0.39, 0.29) is 28.7 Å². The lowest BCUT2D eigenvalue weighted by molar-refractivity contribution is 0.102. The van der Waals surface area contributed by atoms with E-state index in [2.05, 4.69) is 9.97 Å². The molecule has 2 aromatic heterocycles. The summed E-state index contributed by atoms with van der Waals surface area (Å²) in [6, 6.07) is 12.6. The molecule has 10 heteroatoms. The second kappa shape index (κ2) is 8.70. The zero-order valence-corrected chi connectivity index (χ0v) is 20.0. The van der Waals surface area contributed by atoms with Gasteiger partial charge in [0, 0.05) is 6.04 Å². The van der Waals surface area contributed by atoms with Gasteiger partial charge in [0.1, 0.15) is 11.4 Å². The van der Waals surface area contributed by atoms with Gasteiger partial charge in [-0.3, -0.25) is 28.5 Å². The fraction of sp³-hybridized carbons (Fsp3) is 0.240. The van der Waals surface area contributed by atoms with Crippen molar-refractivity contribution in [2.75, 3.05) is 11.5 Å². The summed E-state index contributed by atoms with van der Waals surface area (Å²) in [5.41, 5.74) is 7.39. The van der Waals surface area contributed by atoms with Gasteiger partial charge in [-0.25, -0.2) is 9.78 Å². The minimum Gasteiger partial charge on any atom is -0.384 e. The van der Waals surface area contributed by atoms with Crippen molar-refractivity contribution in [3.63, 3.8) is 0 Å². The number of anilines is 1. The summed E-state index contributed by atoms with van der Waals surface area (Å²) in [7, 11) is 0. The molecule has 1 aliphatic rings. The lowest BCUT2D eigenvalue weighted by Crippen LogP contribution is -2.36. The van der Waals surface area contributed by atoms with Crippen LogP contribution in [0, 0.1) is 13.8 Å². The molecule has 2 heterocycles. The number of nitrogens with zero attached hydrogens (tertiary/aromatic N) is 3. The first-order valence-corrected chi connectivity index (χ1v) is 12.1. The number of benzene rings is 2. The predicted octanol–water partition coefficient (Wildman–Crippen LogP) is 2.74. The highest BCUT2D eigenvalue weighted by Crippen LogP contribution is 2.35. The number of ketones is 1. The SMILES string of the molecule is Cc1ccc(-n2c(SCC(=O)c3c(N)n(C4CC4)c(=O)[nH]c3=O)nc3ccccc3c2=O)cc1C. The molecule has 4 aromatic rings. The Morgan fingerprint density at radius 2 is 1.86 bits per heavy atom. The molecule has 0 spiro atoms. The highest BCUT2D eigenvalue weighted by molar-refractivity contribution is 7.99. The Kier molecular flexibility index (Phi) is 5.68. The highest BCUT2D eigenvalue weighted by atomic mass is 32.2. The van der Waals surface area contributed by atoms with Gasteiger partial charge in [0.25, 0.3) is 11.1 Å². The number of hydrogen-bond acceptors (Lipinski definition) is 7. The molecular formula is C25H23N5O4S. The first-order chi connectivity index (χ1) is 16.8. The molecule has 35 heavy (non-hydrogen) atoms. The number of carbonyl (C=O) groups is 1. The van der Waals surface area contributed by atoms with Crippen LogP contribution in [0.15, 0.2) is 62.0 Å². The molecule has 9 nitrogen and oxygen atoms in total. The molecule has 1 aliphatic carbocycles. The number of aromatic nitrogens is 4. The van der Waals surface area contributed by atoms with Crippen LogP contribution >= 0.6 is 11.8 Å². The molecule has 0 bridgehead atoms. The Morgan fingerprint density at radius 3 is 2.57 bits per heavy atom. The van der Waals surface area contributed by atoms with Crippen LogP contribution in [0.2, 0.25) is 0 Å². The van der Waals surface area contributed by atoms with Crippen LogP contribution in [0.4, 0.5) is 5.82 Å². The standard InChI is InChI=1S/C25H23N5O4S/c1-13-7-8-16(11-14(13)2)30-23(33)17-5-3-4-6-18(17)27-25(30)35-12-19(31)20-21(26)29(15-9-10-15)24(34)28-22(20)32/h3-8,11,15H,9-10,12,26H2,1-2H3,(H,28,32,34). The van der Waals surface area contributed by atoms with E-state index in [4.69, 9.17) is 5.73 Å². The van der Waals surface area contributed by atoms with Gasteiger partial charge in [-0.15, -0.1) is 0 Å². The first-order valence-electron chi connectivity index (χ1n) is 11.2. The van der Waals surface area contributed by atoms with Crippen LogP contribution < -0.4 is 22.5 Å². The van der Waals surface area contributed by atoms with E-state index in [1.807, 2.05) is 32.0 Å². The van der Waals surface area contributed by atoms with Gasteiger partial charge in [-0.2, -0.15) is 0 Å². The van der Waals surface area contributed by atoms with Crippen LogP contribution in [-0.4, -0.2) is 30.6 Å². The minimum absolute atomic E-state index is 0.101. The van der Waals surface area contributed by atoms with Crippen molar-refractivity contribution < 1.29 is 4.79 Å². The van der Waals surface area contributed by atoms with Crippen molar-refractivity contribution in [1.29, 1.82) is 0 Å². The zero-order chi connectivity index (χ0) is 24.9. The van der Waals surface area contributed by atoms with E-state index < -0.39 is 17.0 Å². The van der Waals surface area contributed by atoms with E-state index in [9.17, 15) is 19.2 Å². The molecule has 178 valence electrons. The van der Waals surface area contributed by atoms with Gasteiger partial charge in [-0.1, -0.05) is 30.0 Å². The number of rotatable bonds is 6. The fourth-order valence-electron chi connectivity index (χ4n) is 4.03. The van der Waals surface area contributed by atoms with Crippen molar-refractivity contribution in [3.05, 3.63) is 90.3 Å². The average Bonchev–Trinajstić information content (AvgIpc) is 3.64. The Balaban J connectivity index is 1.57. The predicted molar refractivity (Wildman–Crippen MR) is 136 cm³/mol. The normalized spacial score (nSPS) is 13.3. The summed E-state index contributed by atoms with van der Waals surface area (Å²) in [6.07, 6.45) is 1.53. The number of aromatic amines is 1. The third-order valence-corrected chi connectivity index (χ3v) is 7.14. The number of carbonyl (C=O) groups excluding carboxylic acids is 1. The van der Waals surface area contributed by atoms with Crippen molar-refractivity contribution in [2.45, 2.75) is 37.9 Å². The molecule has 0 amide bonds. The van der Waals surface area contributed by atoms with Gasteiger partial charge in [0.05, 0.1) is 22.3 Å². The molecule has 1 fully saturated rings. The number of para-hydroxylation sites is 1. The van der Waals surface area contributed by atoms with E-state index in [1.54, 1.807) is 24.3 Å². The van der Waals surface area contributed by atoms with E-state index in [1.165, 1.54) is 9.13 Å². The molecule has 1 saturated carbocycles. The monoisotopic (exact) mass is 489 g/mol. The summed E-state index contributed by atoms with van der Waals surface area (Å²) in [6.45, 7) is 3.94. The number of fused-ring (bicyclic) bond motifs is 1. The number of thioether (sulfide) groups is 1. The molecule has 5 rings (SSSR count). The molecule has 0 unspecified atom stereocenters. The van der Waals surface area contributed by atoms with Crippen molar-refractivity contribution in [1.82, 2.24) is 19.1 Å². The van der Waals surface area contributed by atoms with E-state index in [0.717, 1.165) is 35.7 Å². The second-order valence-electron chi connectivity index (χ2n) is 8.65. The molecule has 0 radical (unpaired) electrons. The van der Waals surface area contributed by atoms with Gasteiger partial charge in [0.2, 0.25) is 0 Å². The summed E-state index contributed by atoms with van der Waals surface area (Å²) in [4.78, 5) is 58.0. The van der Waals surface area contributed by atoms with Crippen LogP contribution in [0.25, 0.3) is 16.6 Å². The second-order valence-corrected chi connectivity index (χ2v) is 9.60. The maximum absolute atomic E-state index is 13.4. The van der Waals surface area contributed by atoms with E-state index >= 15 is 0 Å². The molecule has 0 saturated heterocycles. The van der Waals surface area contributed by atoms with Crippen LogP contribution in [0.1, 0.15) is 40.4 Å². The lowest BCUT2D eigenvalue weighted by atomic mass is 10.1. The van der Waals surface area contributed by atoms with Gasteiger partial charge >= 0.3 is 5.69 Å². The number of Topliss-reactive ketones (excluding diaryl/α,β-unsaturated/α-hetero) is 1. The first kappa shape index (κ1) is 22.9. The number of nitrogens with two attached hydrogens (primary N) is 1.